The van der Waals surface area contributed by atoms with Gasteiger partial charge < -0.3 is 5.32 Å². The molecule has 0 aliphatic heterocycles. The van der Waals surface area contributed by atoms with Crippen molar-refractivity contribution in [3.05, 3.63) is 45.9 Å². The summed E-state index contributed by atoms with van der Waals surface area (Å²) in [5, 5.41) is 11.2. The van der Waals surface area contributed by atoms with Crippen LogP contribution < -0.4 is 5.32 Å². The Hall–Kier alpha value is -1.27. The van der Waals surface area contributed by atoms with Crippen molar-refractivity contribution in [3.63, 3.8) is 0 Å². The summed E-state index contributed by atoms with van der Waals surface area (Å²) in [5.41, 5.74) is 1.72. The number of halogens is 2. The summed E-state index contributed by atoms with van der Waals surface area (Å²) in [6.07, 6.45) is 1.86. The Kier molecular flexibility index (Phi) is 4.43. The molecule has 0 spiro atoms. The Morgan fingerprint density at radius 3 is 3.06 bits per heavy atom. The number of aromatic nitrogens is 3. The zero-order chi connectivity index (χ0) is 13.0. The van der Waals surface area contributed by atoms with Gasteiger partial charge in [0.1, 0.15) is 5.82 Å². The maximum Gasteiger partial charge on any atom is 0.123 e. The van der Waals surface area contributed by atoms with Crippen molar-refractivity contribution in [2.75, 3.05) is 6.54 Å². The topological polar surface area (TPSA) is 42.7 Å². The molecule has 1 aromatic heterocycles. The number of hydrogen-bond donors (Lipinski definition) is 1. The molecule has 1 heterocycles. The number of nitrogens with one attached hydrogen (secondary N) is 1. The van der Waals surface area contributed by atoms with Crippen molar-refractivity contribution < 1.29 is 4.39 Å². The average molecular weight is 313 g/mol. The fourth-order valence-electron chi connectivity index (χ4n) is 1.59. The SMILES string of the molecule is CCNCc1cn(Cc2cc(F)ccc2Br)nn1. The van der Waals surface area contributed by atoms with Crippen LogP contribution in [0.1, 0.15) is 18.2 Å². The van der Waals surface area contributed by atoms with Gasteiger partial charge in [-0.15, -0.1) is 5.10 Å². The molecule has 0 aliphatic rings. The predicted octanol–water partition coefficient (Wildman–Crippen LogP) is 2.34. The number of nitrogens with zero attached hydrogens (tertiary/aromatic N) is 3. The lowest BCUT2D eigenvalue weighted by Gasteiger charge is -2.04. The molecule has 0 saturated carbocycles. The third-order valence-electron chi connectivity index (χ3n) is 2.48. The summed E-state index contributed by atoms with van der Waals surface area (Å²) in [6, 6.07) is 4.61. The summed E-state index contributed by atoms with van der Waals surface area (Å²) in [4.78, 5) is 0. The van der Waals surface area contributed by atoms with Gasteiger partial charge in [0.25, 0.3) is 0 Å². The van der Waals surface area contributed by atoms with Crippen LogP contribution in [0.4, 0.5) is 4.39 Å². The molecule has 96 valence electrons. The van der Waals surface area contributed by atoms with Crippen LogP contribution >= 0.6 is 15.9 Å². The van der Waals surface area contributed by atoms with E-state index in [1.165, 1.54) is 12.1 Å². The maximum atomic E-state index is 13.1. The second-order valence-electron chi connectivity index (χ2n) is 3.92. The number of hydrogen-bond acceptors (Lipinski definition) is 3. The van der Waals surface area contributed by atoms with Gasteiger partial charge in [0.2, 0.25) is 0 Å². The monoisotopic (exact) mass is 312 g/mol. The van der Waals surface area contributed by atoms with Gasteiger partial charge in [-0.25, -0.2) is 9.07 Å². The normalized spacial score (nSPS) is 10.8. The highest BCUT2D eigenvalue weighted by Gasteiger charge is 2.05. The lowest BCUT2D eigenvalue weighted by Crippen LogP contribution is -2.11. The first-order valence-corrected chi connectivity index (χ1v) is 6.52. The van der Waals surface area contributed by atoms with Crippen molar-refractivity contribution >= 4 is 15.9 Å². The lowest BCUT2D eigenvalue weighted by atomic mass is 10.2. The largest absolute Gasteiger partial charge is 0.311 e. The van der Waals surface area contributed by atoms with E-state index < -0.39 is 0 Å². The molecule has 1 N–H and O–H groups in total. The fourth-order valence-corrected chi connectivity index (χ4v) is 1.96. The van der Waals surface area contributed by atoms with Crippen LogP contribution in [-0.4, -0.2) is 21.5 Å². The molecule has 0 radical (unpaired) electrons. The zero-order valence-corrected chi connectivity index (χ0v) is 11.6. The van der Waals surface area contributed by atoms with E-state index in [0.29, 0.717) is 13.1 Å². The van der Waals surface area contributed by atoms with Gasteiger partial charge in [-0.1, -0.05) is 28.1 Å². The first kappa shape index (κ1) is 13.2. The van der Waals surface area contributed by atoms with Crippen molar-refractivity contribution in [3.8, 4) is 0 Å². The standard InChI is InChI=1S/C12H14BrFN4/c1-2-15-6-11-8-18(17-16-11)7-9-5-10(14)3-4-12(9)13/h3-5,8,15H,2,6-7H2,1H3. The van der Waals surface area contributed by atoms with Gasteiger partial charge >= 0.3 is 0 Å². The molecule has 18 heavy (non-hydrogen) atoms. The Morgan fingerprint density at radius 1 is 1.44 bits per heavy atom. The summed E-state index contributed by atoms with van der Waals surface area (Å²) < 4.78 is 15.7. The van der Waals surface area contributed by atoms with Crippen molar-refractivity contribution in [1.82, 2.24) is 20.3 Å². The van der Waals surface area contributed by atoms with E-state index in [1.807, 2.05) is 13.1 Å². The van der Waals surface area contributed by atoms with Crippen LogP contribution in [-0.2, 0) is 13.1 Å². The Bertz CT molecular complexity index is 527. The molecule has 6 heteroatoms. The average Bonchev–Trinajstić information content (AvgIpc) is 2.79. The highest BCUT2D eigenvalue weighted by Crippen LogP contribution is 2.18. The third kappa shape index (κ3) is 3.36. The molecule has 0 unspecified atom stereocenters. The van der Waals surface area contributed by atoms with E-state index in [-0.39, 0.29) is 5.82 Å². The highest BCUT2D eigenvalue weighted by molar-refractivity contribution is 9.10. The smallest absolute Gasteiger partial charge is 0.123 e. The first-order valence-electron chi connectivity index (χ1n) is 5.72. The van der Waals surface area contributed by atoms with E-state index in [2.05, 4.69) is 31.6 Å². The molecule has 2 rings (SSSR count). The van der Waals surface area contributed by atoms with Crippen LogP contribution in [0.2, 0.25) is 0 Å². The van der Waals surface area contributed by atoms with E-state index in [9.17, 15) is 4.39 Å². The highest BCUT2D eigenvalue weighted by atomic mass is 79.9. The first-order chi connectivity index (χ1) is 8.69. The summed E-state index contributed by atoms with van der Waals surface area (Å²) in [7, 11) is 0. The Balaban J connectivity index is 2.08. The minimum absolute atomic E-state index is 0.249. The molecular formula is C12H14BrFN4. The van der Waals surface area contributed by atoms with E-state index in [4.69, 9.17) is 0 Å². The quantitative estimate of drug-likeness (QED) is 0.921. The summed E-state index contributed by atoms with van der Waals surface area (Å²) >= 11 is 3.40. The second-order valence-corrected chi connectivity index (χ2v) is 4.78. The van der Waals surface area contributed by atoms with Gasteiger partial charge in [-0.3, -0.25) is 0 Å². The van der Waals surface area contributed by atoms with Crippen LogP contribution in [0.3, 0.4) is 0 Å². The molecule has 0 atom stereocenters. The molecule has 4 nitrogen and oxygen atoms in total. The summed E-state index contributed by atoms with van der Waals surface area (Å²) in [5.74, 6) is -0.249. The van der Waals surface area contributed by atoms with Gasteiger partial charge in [0.15, 0.2) is 0 Å². The van der Waals surface area contributed by atoms with E-state index in [1.54, 1.807) is 10.7 Å². The van der Waals surface area contributed by atoms with Crippen LogP contribution in [0.25, 0.3) is 0 Å². The maximum absolute atomic E-state index is 13.1. The number of rotatable bonds is 5. The minimum atomic E-state index is -0.249. The number of benzene rings is 1. The van der Waals surface area contributed by atoms with Gasteiger partial charge in [0, 0.05) is 11.0 Å². The molecule has 0 aliphatic carbocycles. The van der Waals surface area contributed by atoms with E-state index >= 15 is 0 Å². The summed E-state index contributed by atoms with van der Waals surface area (Å²) in [6.45, 7) is 4.12. The van der Waals surface area contributed by atoms with Crippen LogP contribution in [0.5, 0.6) is 0 Å². The Labute approximate surface area is 113 Å². The lowest BCUT2D eigenvalue weighted by molar-refractivity contribution is 0.613. The van der Waals surface area contributed by atoms with E-state index in [0.717, 1.165) is 22.3 Å². The minimum Gasteiger partial charge on any atom is -0.311 e. The third-order valence-corrected chi connectivity index (χ3v) is 3.26. The van der Waals surface area contributed by atoms with Crippen molar-refractivity contribution in [2.45, 2.75) is 20.0 Å². The van der Waals surface area contributed by atoms with Gasteiger partial charge in [0.05, 0.1) is 18.4 Å². The molecule has 0 fully saturated rings. The molecule has 0 saturated heterocycles. The predicted molar refractivity (Wildman–Crippen MR) is 70.6 cm³/mol. The molecular weight excluding hydrogens is 299 g/mol. The van der Waals surface area contributed by atoms with Crippen LogP contribution in [0, 0.1) is 5.82 Å². The van der Waals surface area contributed by atoms with Crippen molar-refractivity contribution in [1.29, 1.82) is 0 Å². The van der Waals surface area contributed by atoms with Gasteiger partial charge in [-0.2, -0.15) is 0 Å². The molecule has 0 amide bonds. The zero-order valence-electron chi connectivity index (χ0n) is 10.0. The van der Waals surface area contributed by atoms with Crippen LogP contribution in [0.15, 0.2) is 28.9 Å². The fraction of sp³-hybridized carbons (Fsp3) is 0.333. The molecule has 2 aromatic rings. The van der Waals surface area contributed by atoms with Crippen molar-refractivity contribution in [2.24, 2.45) is 0 Å². The Morgan fingerprint density at radius 2 is 2.28 bits per heavy atom. The van der Waals surface area contributed by atoms with Gasteiger partial charge in [-0.05, 0) is 30.3 Å². The molecule has 1 aromatic carbocycles. The second kappa shape index (κ2) is 6.06. The molecule has 0 bridgehead atoms.